The fourth-order valence-electron chi connectivity index (χ4n) is 7.34. The Balaban J connectivity index is 1.19. The summed E-state index contributed by atoms with van der Waals surface area (Å²) in [6, 6.07) is 8.32. The van der Waals surface area contributed by atoms with Crippen LogP contribution in [0.25, 0.3) is 21.6 Å². The van der Waals surface area contributed by atoms with E-state index in [0.29, 0.717) is 42.4 Å². The van der Waals surface area contributed by atoms with Crippen LogP contribution in [0.5, 0.6) is 5.88 Å². The number of fused-ring (bicyclic) bond motifs is 1. The summed E-state index contributed by atoms with van der Waals surface area (Å²) in [5, 5.41) is 6.19. The fraction of sp³-hybridized carbons (Fsp3) is 0.568. The van der Waals surface area contributed by atoms with E-state index in [1.54, 1.807) is 32.9 Å². The molecule has 1 aromatic carbocycles. The Kier molecular flexibility index (Phi) is 10.5. The Morgan fingerprint density at radius 3 is 2.27 bits per heavy atom. The lowest BCUT2D eigenvalue weighted by atomic mass is 9.85. The maximum absolute atomic E-state index is 14.6. The summed E-state index contributed by atoms with van der Waals surface area (Å²) in [5.74, 6) is -4.38. The molecule has 0 radical (unpaired) electrons. The number of likely N-dealkylation sites (tertiary alicyclic amines) is 1. The van der Waals surface area contributed by atoms with Gasteiger partial charge in [0.2, 0.25) is 34.1 Å². The first-order valence-electron chi connectivity index (χ1n) is 18.5. The fourth-order valence-corrected chi connectivity index (χ4v) is 9.40. The summed E-state index contributed by atoms with van der Waals surface area (Å²) >= 11 is 1.41. The second-order valence-corrected chi connectivity index (χ2v) is 18.8. The molecular formula is C37H44F2N6O8S2. The summed E-state index contributed by atoms with van der Waals surface area (Å²) < 4.78 is 67.6. The van der Waals surface area contributed by atoms with Crippen molar-refractivity contribution in [1.29, 1.82) is 0 Å². The van der Waals surface area contributed by atoms with Crippen LogP contribution in [0.2, 0.25) is 0 Å². The number of amides is 4. The third kappa shape index (κ3) is 8.25. The number of alkyl carbamates (subject to hydrolysis) is 1. The number of alkyl halides is 2. The lowest BCUT2D eigenvalue weighted by Gasteiger charge is -2.35. The molecule has 7 rings (SSSR count). The van der Waals surface area contributed by atoms with Gasteiger partial charge in [0.1, 0.15) is 35.5 Å². The van der Waals surface area contributed by atoms with Gasteiger partial charge in [-0.1, -0.05) is 39.0 Å². The van der Waals surface area contributed by atoms with Gasteiger partial charge in [-0.05, 0) is 73.9 Å². The number of thiophene rings is 1. The van der Waals surface area contributed by atoms with Crippen molar-refractivity contribution in [2.75, 3.05) is 6.54 Å². The summed E-state index contributed by atoms with van der Waals surface area (Å²) in [6.07, 6.45) is -1.76. The Labute approximate surface area is 321 Å². The quantitative estimate of drug-likeness (QED) is 0.235. The van der Waals surface area contributed by atoms with Gasteiger partial charge in [-0.15, -0.1) is 11.3 Å². The number of rotatable bonds is 12. The predicted molar refractivity (Wildman–Crippen MR) is 198 cm³/mol. The average molecular weight is 803 g/mol. The van der Waals surface area contributed by atoms with Crippen LogP contribution in [-0.4, -0.2) is 95.2 Å². The third-order valence-corrected chi connectivity index (χ3v) is 13.3. The Morgan fingerprint density at radius 1 is 0.982 bits per heavy atom. The Hall–Kier alpha value is -4.45. The molecule has 2 aromatic heterocycles. The Bertz CT molecular complexity index is 2070. The van der Waals surface area contributed by atoms with E-state index in [1.807, 2.05) is 34.4 Å². The monoisotopic (exact) mass is 802 g/mol. The molecule has 1 aliphatic heterocycles. The summed E-state index contributed by atoms with van der Waals surface area (Å²) in [6.45, 7) is 5.02. The number of para-hydroxylation sites is 2. The zero-order chi connectivity index (χ0) is 39.3. The first kappa shape index (κ1) is 38.8. The van der Waals surface area contributed by atoms with Crippen molar-refractivity contribution in [3.05, 3.63) is 41.8 Å². The van der Waals surface area contributed by atoms with Gasteiger partial charge in [0.05, 0.1) is 33.6 Å². The minimum absolute atomic E-state index is 0.145. The number of sulfonamides is 1. The number of aromatic nitrogens is 2. The first-order chi connectivity index (χ1) is 26.1. The maximum atomic E-state index is 14.6. The van der Waals surface area contributed by atoms with E-state index in [9.17, 15) is 36.4 Å². The van der Waals surface area contributed by atoms with E-state index >= 15 is 0 Å². The van der Waals surface area contributed by atoms with E-state index in [4.69, 9.17) is 19.4 Å². The zero-order valence-electron chi connectivity index (χ0n) is 30.6. The molecule has 1 saturated heterocycles. The number of nitrogens with zero attached hydrogens (tertiary/aromatic N) is 3. The lowest BCUT2D eigenvalue weighted by molar-refractivity contribution is -0.143. The number of carbonyl (C=O) groups is 4. The SMILES string of the molecule is CC(C)(C)[C@H](NC(=O)OC1CCCC1)C(=O)N1C[C@H](Oc2nc3ccccc3nc2-c2cccs2)C[C@H]1C(=O)N[C@]1(C(=O)NS(=O)(=O)C2CC2)C[C@H]1C(F)F. The van der Waals surface area contributed by atoms with Gasteiger partial charge >= 0.3 is 6.09 Å². The molecule has 5 atom stereocenters. The molecule has 0 unspecified atom stereocenters. The van der Waals surface area contributed by atoms with Crippen molar-refractivity contribution in [3.63, 3.8) is 0 Å². The molecule has 296 valence electrons. The van der Waals surface area contributed by atoms with Gasteiger partial charge in [-0.25, -0.2) is 32.0 Å². The minimum atomic E-state index is -4.13. The molecule has 4 amide bonds. The highest BCUT2D eigenvalue weighted by Crippen LogP contribution is 2.48. The molecule has 0 spiro atoms. The normalized spacial score (nSPS) is 24.8. The van der Waals surface area contributed by atoms with Crippen LogP contribution in [0.15, 0.2) is 41.8 Å². The Morgan fingerprint density at radius 2 is 1.67 bits per heavy atom. The van der Waals surface area contributed by atoms with Crippen molar-refractivity contribution in [2.24, 2.45) is 11.3 Å². The molecule has 3 aromatic rings. The van der Waals surface area contributed by atoms with E-state index in [-0.39, 0.29) is 24.9 Å². The van der Waals surface area contributed by atoms with Crippen LogP contribution in [0.1, 0.15) is 72.1 Å². The van der Waals surface area contributed by atoms with Gasteiger partial charge in [0, 0.05) is 6.42 Å². The summed E-state index contributed by atoms with van der Waals surface area (Å²) in [7, 11) is -4.13. The van der Waals surface area contributed by atoms with Crippen molar-refractivity contribution in [2.45, 2.75) is 114 Å². The number of nitrogens with one attached hydrogen (secondary N) is 3. The molecule has 3 aliphatic carbocycles. The predicted octanol–water partition coefficient (Wildman–Crippen LogP) is 4.54. The highest BCUT2D eigenvalue weighted by molar-refractivity contribution is 7.91. The molecule has 3 heterocycles. The third-order valence-electron chi connectivity index (χ3n) is 10.6. The highest BCUT2D eigenvalue weighted by Gasteiger charge is 2.67. The van der Waals surface area contributed by atoms with Crippen LogP contribution < -0.4 is 20.1 Å². The smallest absolute Gasteiger partial charge is 0.408 e. The number of carbonyl (C=O) groups excluding carboxylic acids is 4. The highest BCUT2D eigenvalue weighted by atomic mass is 32.2. The van der Waals surface area contributed by atoms with Crippen LogP contribution in [0.3, 0.4) is 0 Å². The number of halogens is 2. The number of hydrogen-bond acceptors (Lipinski definition) is 11. The standard InChI is InChI=1S/C37H44F2N6O8S2/c1-36(2,3)29(42-35(49)53-20-9-4-5-10-20)33(47)45-19-21(52-32-28(27-13-8-16-54-27)40-24-11-6-7-12-25(24)41-32)17-26(45)31(46)43-37(18-23(37)30(38)39)34(48)44-55(50,51)22-14-15-22/h6-8,11-13,16,20-23,26,29-30H,4-5,9-10,14-15,17-19H2,1-3H3,(H,42,49)(H,43,46)(H,44,48)/t21-,23+,26+,29-,37-/m1/s1. The van der Waals surface area contributed by atoms with Crippen LogP contribution >= 0.6 is 11.3 Å². The van der Waals surface area contributed by atoms with E-state index < -0.39 is 87.0 Å². The largest absolute Gasteiger partial charge is 0.471 e. The lowest BCUT2D eigenvalue weighted by Crippen LogP contribution is -2.60. The average Bonchev–Trinajstić information content (AvgIpc) is 3.90. The van der Waals surface area contributed by atoms with Crippen LogP contribution in [0.4, 0.5) is 13.6 Å². The van der Waals surface area contributed by atoms with Crippen molar-refractivity contribution in [3.8, 4) is 16.5 Å². The van der Waals surface area contributed by atoms with Crippen LogP contribution in [-0.2, 0) is 29.1 Å². The molecule has 18 heteroatoms. The topological polar surface area (TPSA) is 186 Å². The van der Waals surface area contributed by atoms with E-state index in [1.165, 1.54) is 16.2 Å². The molecule has 14 nitrogen and oxygen atoms in total. The molecule has 3 N–H and O–H groups in total. The van der Waals surface area contributed by atoms with Crippen molar-refractivity contribution < 1.29 is 45.9 Å². The summed E-state index contributed by atoms with van der Waals surface area (Å²) in [5.41, 5.74) is -1.51. The first-order valence-corrected chi connectivity index (χ1v) is 20.9. The number of ether oxygens (including phenoxy) is 2. The molecular weight excluding hydrogens is 759 g/mol. The molecule has 4 aliphatic rings. The second kappa shape index (κ2) is 14.9. The van der Waals surface area contributed by atoms with Gasteiger partial charge in [0.15, 0.2) is 0 Å². The van der Waals surface area contributed by atoms with E-state index in [0.717, 1.165) is 17.7 Å². The minimum Gasteiger partial charge on any atom is -0.471 e. The second-order valence-electron chi connectivity index (χ2n) is 15.9. The van der Waals surface area contributed by atoms with Gasteiger partial charge in [-0.2, -0.15) is 0 Å². The number of hydrogen-bond donors (Lipinski definition) is 3. The van der Waals surface area contributed by atoms with Gasteiger partial charge < -0.3 is 25.0 Å². The molecule has 3 saturated carbocycles. The molecule has 0 bridgehead atoms. The maximum Gasteiger partial charge on any atom is 0.408 e. The van der Waals surface area contributed by atoms with Crippen molar-refractivity contribution >= 4 is 56.2 Å². The van der Waals surface area contributed by atoms with Crippen molar-refractivity contribution in [1.82, 2.24) is 30.2 Å². The van der Waals surface area contributed by atoms with Gasteiger partial charge in [-0.3, -0.25) is 19.1 Å². The summed E-state index contributed by atoms with van der Waals surface area (Å²) in [4.78, 5) is 66.8. The molecule has 55 heavy (non-hydrogen) atoms. The zero-order valence-corrected chi connectivity index (χ0v) is 32.3. The number of benzene rings is 1. The van der Waals surface area contributed by atoms with E-state index in [2.05, 4.69) is 10.6 Å². The molecule has 4 fully saturated rings. The van der Waals surface area contributed by atoms with Crippen LogP contribution in [0, 0.1) is 11.3 Å². The van der Waals surface area contributed by atoms with Gasteiger partial charge in [0.25, 0.3) is 5.91 Å².